The Morgan fingerprint density at radius 1 is 1.21 bits per heavy atom. The molecule has 1 aromatic carbocycles. The SMILES string of the molecule is CCCn1ccnc1SCC(=O)N1CCN(S(=O)(=O)c2ccccc2F)CC1. The quantitative estimate of drug-likeness (QED) is 0.634. The lowest BCUT2D eigenvalue weighted by atomic mass is 10.3. The Morgan fingerprint density at radius 2 is 1.93 bits per heavy atom. The number of thioether (sulfide) groups is 1. The molecule has 1 aliphatic rings. The number of rotatable bonds is 7. The van der Waals surface area contributed by atoms with E-state index in [1.807, 2.05) is 10.8 Å². The van der Waals surface area contributed by atoms with Gasteiger partial charge in [0.05, 0.1) is 5.75 Å². The fourth-order valence-electron chi connectivity index (χ4n) is 3.04. The molecule has 1 fully saturated rings. The van der Waals surface area contributed by atoms with Crippen LogP contribution in [-0.2, 0) is 21.4 Å². The minimum Gasteiger partial charge on any atom is -0.339 e. The van der Waals surface area contributed by atoms with Crippen LogP contribution in [0.25, 0.3) is 0 Å². The first kappa shape index (κ1) is 20.8. The molecule has 2 aromatic rings. The number of halogens is 1. The molecule has 1 saturated heterocycles. The summed E-state index contributed by atoms with van der Waals surface area (Å²) in [6.07, 6.45) is 4.59. The van der Waals surface area contributed by atoms with E-state index in [4.69, 9.17) is 0 Å². The predicted molar refractivity (Wildman–Crippen MR) is 105 cm³/mol. The summed E-state index contributed by atoms with van der Waals surface area (Å²) in [5, 5.41) is 0.802. The van der Waals surface area contributed by atoms with E-state index < -0.39 is 15.8 Å². The van der Waals surface area contributed by atoms with Crippen molar-refractivity contribution in [1.29, 1.82) is 0 Å². The molecule has 1 aromatic heterocycles. The molecule has 2 heterocycles. The molecular weight excluding hydrogens is 403 g/mol. The Kier molecular flexibility index (Phi) is 6.73. The number of hydrogen-bond donors (Lipinski definition) is 0. The maximum Gasteiger partial charge on any atom is 0.246 e. The van der Waals surface area contributed by atoms with Gasteiger partial charge in [-0.05, 0) is 18.6 Å². The Balaban J connectivity index is 1.55. The summed E-state index contributed by atoms with van der Waals surface area (Å²) in [5.41, 5.74) is 0. The summed E-state index contributed by atoms with van der Waals surface area (Å²) in [7, 11) is -3.90. The molecule has 0 saturated carbocycles. The van der Waals surface area contributed by atoms with E-state index in [-0.39, 0.29) is 42.7 Å². The van der Waals surface area contributed by atoms with E-state index in [0.29, 0.717) is 0 Å². The Hall–Kier alpha value is -1.91. The van der Waals surface area contributed by atoms with Gasteiger partial charge in [-0.3, -0.25) is 4.79 Å². The first-order chi connectivity index (χ1) is 13.4. The van der Waals surface area contributed by atoms with Crippen LogP contribution in [0.5, 0.6) is 0 Å². The third kappa shape index (κ3) is 4.56. The van der Waals surface area contributed by atoms with Crippen molar-refractivity contribution in [2.45, 2.75) is 29.9 Å². The number of piperazine rings is 1. The number of aryl methyl sites for hydroxylation is 1. The third-order valence-electron chi connectivity index (χ3n) is 4.51. The van der Waals surface area contributed by atoms with Crippen molar-refractivity contribution in [3.05, 3.63) is 42.5 Å². The standard InChI is InChI=1S/C18H23FN4O3S2/c1-2-8-22-9-7-20-18(22)27-14-17(24)21-10-12-23(13-11-21)28(25,26)16-6-4-3-5-15(16)19/h3-7,9H,2,8,10-14H2,1H3. The van der Waals surface area contributed by atoms with Gasteiger partial charge in [0.1, 0.15) is 10.7 Å². The first-order valence-corrected chi connectivity index (χ1v) is 11.5. The summed E-state index contributed by atoms with van der Waals surface area (Å²) in [4.78, 5) is 18.1. The number of sulfonamides is 1. The average Bonchev–Trinajstić information content (AvgIpc) is 3.14. The van der Waals surface area contributed by atoms with Crippen molar-refractivity contribution < 1.29 is 17.6 Å². The zero-order chi connectivity index (χ0) is 20.1. The Labute approximate surface area is 168 Å². The maximum absolute atomic E-state index is 13.9. The van der Waals surface area contributed by atoms with E-state index in [1.54, 1.807) is 11.1 Å². The number of amides is 1. The molecule has 0 unspecified atom stereocenters. The molecule has 1 aliphatic heterocycles. The highest BCUT2D eigenvalue weighted by atomic mass is 32.2. The first-order valence-electron chi connectivity index (χ1n) is 9.10. The lowest BCUT2D eigenvalue weighted by molar-refractivity contribution is -0.129. The highest BCUT2D eigenvalue weighted by Gasteiger charge is 2.31. The van der Waals surface area contributed by atoms with Gasteiger partial charge in [-0.2, -0.15) is 4.31 Å². The minimum atomic E-state index is -3.90. The van der Waals surface area contributed by atoms with E-state index in [1.165, 1.54) is 34.3 Å². The molecule has 7 nitrogen and oxygen atoms in total. The van der Waals surface area contributed by atoms with Gasteiger partial charge >= 0.3 is 0 Å². The second kappa shape index (κ2) is 9.06. The second-order valence-electron chi connectivity index (χ2n) is 6.41. The highest BCUT2D eigenvalue weighted by molar-refractivity contribution is 7.99. The predicted octanol–water partition coefficient (Wildman–Crippen LogP) is 2.06. The normalized spacial score (nSPS) is 15.7. The van der Waals surface area contributed by atoms with Gasteiger partial charge in [0.25, 0.3) is 0 Å². The van der Waals surface area contributed by atoms with Crippen molar-refractivity contribution >= 4 is 27.7 Å². The molecule has 0 atom stereocenters. The molecule has 152 valence electrons. The fraction of sp³-hybridized carbons (Fsp3) is 0.444. The monoisotopic (exact) mass is 426 g/mol. The van der Waals surface area contributed by atoms with Crippen LogP contribution in [-0.4, -0.2) is 65.0 Å². The largest absolute Gasteiger partial charge is 0.339 e. The van der Waals surface area contributed by atoms with Crippen molar-refractivity contribution in [3.63, 3.8) is 0 Å². The third-order valence-corrected chi connectivity index (χ3v) is 7.43. The molecule has 3 rings (SSSR count). The lowest BCUT2D eigenvalue weighted by Gasteiger charge is -2.34. The lowest BCUT2D eigenvalue weighted by Crippen LogP contribution is -2.51. The summed E-state index contributed by atoms with van der Waals surface area (Å²) < 4.78 is 42.4. The van der Waals surface area contributed by atoms with Crippen molar-refractivity contribution in [2.75, 3.05) is 31.9 Å². The number of benzene rings is 1. The van der Waals surface area contributed by atoms with Gasteiger partial charge < -0.3 is 9.47 Å². The molecule has 10 heteroatoms. The molecule has 0 aliphatic carbocycles. The van der Waals surface area contributed by atoms with Gasteiger partial charge in [0.15, 0.2) is 5.16 Å². The van der Waals surface area contributed by atoms with Crippen molar-refractivity contribution in [2.24, 2.45) is 0 Å². The number of carbonyl (C=O) groups is 1. The summed E-state index contributed by atoms with van der Waals surface area (Å²) in [6.45, 7) is 3.81. The number of carbonyl (C=O) groups excluding carboxylic acids is 1. The Morgan fingerprint density at radius 3 is 2.61 bits per heavy atom. The van der Waals surface area contributed by atoms with Crippen LogP contribution in [0.3, 0.4) is 0 Å². The Bertz CT molecular complexity index is 924. The summed E-state index contributed by atoms with van der Waals surface area (Å²) in [6, 6.07) is 5.34. The molecule has 1 amide bonds. The zero-order valence-electron chi connectivity index (χ0n) is 15.6. The van der Waals surface area contributed by atoms with Crippen LogP contribution < -0.4 is 0 Å². The number of imidazole rings is 1. The molecule has 0 N–H and O–H groups in total. The molecular formula is C18H23FN4O3S2. The summed E-state index contributed by atoms with van der Waals surface area (Å²) >= 11 is 1.38. The van der Waals surface area contributed by atoms with E-state index in [2.05, 4.69) is 11.9 Å². The topological polar surface area (TPSA) is 75.5 Å². The van der Waals surface area contributed by atoms with Crippen molar-refractivity contribution in [1.82, 2.24) is 18.8 Å². The van der Waals surface area contributed by atoms with Gasteiger partial charge in [0, 0.05) is 45.1 Å². The molecule has 0 radical (unpaired) electrons. The van der Waals surface area contributed by atoms with E-state index >= 15 is 0 Å². The van der Waals surface area contributed by atoms with Crippen LogP contribution in [0.1, 0.15) is 13.3 Å². The zero-order valence-corrected chi connectivity index (χ0v) is 17.3. The van der Waals surface area contributed by atoms with Gasteiger partial charge in [-0.25, -0.2) is 17.8 Å². The smallest absolute Gasteiger partial charge is 0.246 e. The number of aromatic nitrogens is 2. The van der Waals surface area contributed by atoms with Crippen LogP contribution in [0, 0.1) is 5.82 Å². The molecule has 0 bridgehead atoms. The van der Waals surface area contributed by atoms with Crippen molar-refractivity contribution in [3.8, 4) is 0 Å². The van der Waals surface area contributed by atoms with Crippen LogP contribution in [0.2, 0.25) is 0 Å². The number of nitrogens with zero attached hydrogens (tertiary/aromatic N) is 4. The summed E-state index contributed by atoms with van der Waals surface area (Å²) in [5.74, 6) is -0.570. The minimum absolute atomic E-state index is 0.0565. The number of hydrogen-bond acceptors (Lipinski definition) is 5. The fourth-order valence-corrected chi connectivity index (χ4v) is 5.41. The average molecular weight is 427 g/mol. The van der Waals surface area contributed by atoms with E-state index in [9.17, 15) is 17.6 Å². The highest BCUT2D eigenvalue weighted by Crippen LogP contribution is 2.21. The van der Waals surface area contributed by atoms with E-state index in [0.717, 1.165) is 24.2 Å². The van der Waals surface area contributed by atoms with Gasteiger partial charge in [-0.1, -0.05) is 30.8 Å². The second-order valence-corrected chi connectivity index (χ2v) is 9.26. The molecule has 0 spiro atoms. The molecule has 28 heavy (non-hydrogen) atoms. The van der Waals surface area contributed by atoms with Crippen LogP contribution in [0.15, 0.2) is 46.7 Å². The van der Waals surface area contributed by atoms with Crippen LogP contribution >= 0.6 is 11.8 Å². The van der Waals surface area contributed by atoms with Gasteiger partial charge in [0.2, 0.25) is 15.9 Å². The van der Waals surface area contributed by atoms with Crippen LogP contribution in [0.4, 0.5) is 4.39 Å². The maximum atomic E-state index is 13.9. The van der Waals surface area contributed by atoms with Gasteiger partial charge in [-0.15, -0.1) is 0 Å².